The highest BCUT2D eigenvalue weighted by Crippen LogP contribution is 2.19. The minimum Gasteiger partial charge on any atom is -0.481 e. The molecule has 1 aromatic carbocycles. The van der Waals surface area contributed by atoms with Gasteiger partial charge in [0, 0.05) is 31.6 Å². The quantitative estimate of drug-likeness (QED) is 0.842. The van der Waals surface area contributed by atoms with E-state index in [4.69, 9.17) is 10.00 Å². The standard InChI is InChI=1S/C19H25N3O3/c1-14(25-16-7-5-15(13-20)6-8-16)17(23)21-9-11-22(12-10-21)18(24)19(2,3)4/h5-8,14H,9-12H2,1-4H3. The average molecular weight is 343 g/mol. The van der Waals surface area contributed by atoms with Crippen LogP contribution in [0.15, 0.2) is 24.3 Å². The summed E-state index contributed by atoms with van der Waals surface area (Å²) < 4.78 is 5.68. The van der Waals surface area contributed by atoms with Gasteiger partial charge < -0.3 is 14.5 Å². The van der Waals surface area contributed by atoms with Crippen LogP contribution in [-0.2, 0) is 9.59 Å². The number of piperazine rings is 1. The molecular weight excluding hydrogens is 318 g/mol. The molecule has 0 bridgehead atoms. The molecular formula is C19H25N3O3. The Morgan fingerprint density at radius 2 is 1.60 bits per heavy atom. The van der Waals surface area contributed by atoms with Crippen LogP contribution in [0.1, 0.15) is 33.3 Å². The maximum atomic E-state index is 12.5. The summed E-state index contributed by atoms with van der Waals surface area (Å²) in [7, 11) is 0. The number of hydrogen-bond acceptors (Lipinski definition) is 4. The fraction of sp³-hybridized carbons (Fsp3) is 0.526. The Kier molecular flexibility index (Phi) is 5.68. The minimum atomic E-state index is -0.613. The first kappa shape index (κ1) is 18.8. The van der Waals surface area contributed by atoms with Gasteiger partial charge in [0.1, 0.15) is 5.75 Å². The number of benzene rings is 1. The summed E-state index contributed by atoms with van der Waals surface area (Å²) in [4.78, 5) is 28.4. The van der Waals surface area contributed by atoms with Crippen molar-refractivity contribution in [1.82, 2.24) is 9.80 Å². The van der Waals surface area contributed by atoms with E-state index in [0.717, 1.165) is 0 Å². The van der Waals surface area contributed by atoms with Crippen LogP contribution >= 0.6 is 0 Å². The van der Waals surface area contributed by atoms with E-state index in [1.165, 1.54) is 0 Å². The second-order valence-corrected chi connectivity index (χ2v) is 7.26. The van der Waals surface area contributed by atoms with Crippen LogP contribution in [0.4, 0.5) is 0 Å². The van der Waals surface area contributed by atoms with Gasteiger partial charge in [-0.25, -0.2) is 0 Å². The average Bonchev–Trinajstić information content (AvgIpc) is 2.60. The maximum Gasteiger partial charge on any atom is 0.263 e. The van der Waals surface area contributed by atoms with Crippen LogP contribution in [0.2, 0.25) is 0 Å². The molecule has 1 fully saturated rings. The smallest absolute Gasteiger partial charge is 0.263 e. The molecule has 6 heteroatoms. The predicted octanol–water partition coefficient (Wildman–Crippen LogP) is 2.04. The molecule has 0 radical (unpaired) electrons. The first-order valence-electron chi connectivity index (χ1n) is 8.47. The predicted molar refractivity (Wildman–Crippen MR) is 93.9 cm³/mol. The van der Waals surface area contributed by atoms with Crippen molar-refractivity contribution < 1.29 is 14.3 Å². The van der Waals surface area contributed by atoms with Crippen LogP contribution in [0, 0.1) is 16.7 Å². The molecule has 0 N–H and O–H groups in total. The number of carbonyl (C=O) groups is 2. The highest BCUT2D eigenvalue weighted by atomic mass is 16.5. The van der Waals surface area contributed by atoms with Crippen molar-refractivity contribution >= 4 is 11.8 Å². The summed E-state index contributed by atoms with van der Waals surface area (Å²) in [5.74, 6) is 0.579. The van der Waals surface area contributed by atoms with Gasteiger partial charge in [0.25, 0.3) is 5.91 Å². The second kappa shape index (κ2) is 7.56. The molecule has 0 saturated carbocycles. The van der Waals surface area contributed by atoms with Crippen LogP contribution in [0.3, 0.4) is 0 Å². The summed E-state index contributed by atoms with van der Waals surface area (Å²) in [6, 6.07) is 8.72. The number of hydrogen-bond donors (Lipinski definition) is 0. The third-order valence-electron chi connectivity index (χ3n) is 4.16. The molecule has 1 aliphatic rings. The molecule has 2 rings (SSSR count). The van der Waals surface area contributed by atoms with Gasteiger partial charge in [-0.1, -0.05) is 20.8 Å². The highest BCUT2D eigenvalue weighted by Gasteiger charge is 2.32. The van der Waals surface area contributed by atoms with Crippen LogP contribution in [-0.4, -0.2) is 53.9 Å². The van der Waals surface area contributed by atoms with E-state index < -0.39 is 11.5 Å². The van der Waals surface area contributed by atoms with E-state index in [-0.39, 0.29) is 11.8 Å². The fourth-order valence-electron chi connectivity index (χ4n) is 2.72. The fourth-order valence-corrected chi connectivity index (χ4v) is 2.72. The zero-order chi connectivity index (χ0) is 18.6. The minimum absolute atomic E-state index is 0.0905. The molecule has 25 heavy (non-hydrogen) atoms. The molecule has 6 nitrogen and oxygen atoms in total. The first-order chi connectivity index (χ1) is 11.7. The number of rotatable bonds is 3. The molecule has 1 aliphatic heterocycles. The van der Waals surface area contributed by atoms with Crippen molar-refractivity contribution in [1.29, 1.82) is 5.26 Å². The lowest BCUT2D eigenvalue weighted by atomic mass is 9.94. The lowest BCUT2D eigenvalue weighted by Gasteiger charge is -2.38. The Hall–Kier alpha value is -2.55. The Labute approximate surface area is 149 Å². The molecule has 0 spiro atoms. The van der Waals surface area contributed by atoms with Crippen LogP contribution in [0.25, 0.3) is 0 Å². The van der Waals surface area contributed by atoms with Gasteiger partial charge in [0.05, 0.1) is 11.6 Å². The lowest BCUT2D eigenvalue weighted by Crippen LogP contribution is -2.55. The van der Waals surface area contributed by atoms with Crippen molar-refractivity contribution in [2.45, 2.75) is 33.8 Å². The third-order valence-corrected chi connectivity index (χ3v) is 4.16. The lowest BCUT2D eigenvalue weighted by molar-refractivity contribution is -0.147. The van der Waals surface area contributed by atoms with Crippen LogP contribution < -0.4 is 4.74 Å². The number of carbonyl (C=O) groups excluding carboxylic acids is 2. The zero-order valence-electron chi connectivity index (χ0n) is 15.3. The summed E-state index contributed by atoms with van der Waals surface area (Å²) in [5, 5.41) is 8.80. The SMILES string of the molecule is CC(Oc1ccc(C#N)cc1)C(=O)N1CCN(C(=O)C(C)(C)C)CC1. The normalized spacial score (nSPS) is 16.1. The molecule has 1 atom stereocenters. The number of amides is 2. The number of ether oxygens (including phenoxy) is 1. The molecule has 1 aromatic rings. The molecule has 0 aliphatic carbocycles. The summed E-state index contributed by atoms with van der Waals surface area (Å²) in [6.07, 6.45) is -0.613. The Morgan fingerprint density at radius 1 is 1.08 bits per heavy atom. The topological polar surface area (TPSA) is 73.6 Å². The number of nitrogens with zero attached hydrogens (tertiary/aromatic N) is 3. The summed E-state index contributed by atoms with van der Waals surface area (Å²) in [5.41, 5.74) is 0.143. The molecule has 2 amide bonds. The Morgan fingerprint density at radius 3 is 2.08 bits per heavy atom. The summed E-state index contributed by atoms with van der Waals surface area (Å²) in [6.45, 7) is 9.55. The maximum absolute atomic E-state index is 12.5. The van der Waals surface area contributed by atoms with Gasteiger partial charge >= 0.3 is 0 Å². The monoisotopic (exact) mass is 343 g/mol. The third kappa shape index (κ3) is 4.72. The van der Waals surface area contributed by atoms with E-state index in [0.29, 0.717) is 37.5 Å². The Balaban J connectivity index is 1.89. The van der Waals surface area contributed by atoms with E-state index in [9.17, 15) is 9.59 Å². The van der Waals surface area contributed by atoms with E-state index in [2.05, 4.69) is 0 Å². The van der Waals surface area contributed by atoms with Crippen molar-refractivity contribution in [2.75, 3.05) is 26.2 Å². The van der Waals surface area contributed by atoms with Gasteiger partial charge in [-0.05, 0) is 31.2 Å². The van der Waals surface area contributed by atoms with E-state index in [1.807, 2.05) is 31.7 Å². The van der Waals surface area contributed by atoms with Crippen molar-refractivity contribution in [3.8, 4) is 11.8 Å². The van der Waals surface area contributed by atoms with Gasteiger partial charge in [-0.2, -0.15) is 5.26 Å². The Bertz CT molecular complexity index is 663. The number of nitriles is 1. The molecule has 1 unspecified atom stereocenters. The summed E-state index contributed by atoms with van der Waals surface area (Å²) >= 11 is 0. The molecule has 1 saturated heterocycles. The zero-order valence-corrected chi connectivity index (χ0v) is 15.3. The van der Waals surface area contributed by atoms with Crippen molar-refractivity contribution in [3.63, 3.8) is 0 Å². The van der Waals surface area contributed by atoms with E-state index in [1.54, 1.807) is 36.1 Å². The van der Waals surface area contributed by atoms with Gasteiger partial charge in [0.2, 0.25) is 5.91 Å². The van der Waals surface area contributed by atoms with Gasteiger partial charge in [0.15, 0.2) is 6.10 Å². The highest BCUT2D eigenvalue weighted by molar-refractivity contribution is 5.83. The molecule has 0 aromatic heterocycles. The van der Waals surface area contributed by atoms with E-state index >= 15 is 0 Å². The van der Waals surface area contributed by atoms with Crippen LogP contribution in [0.5, 0.6) is 5.75 Å². The second-order valence-electron chi connectivity index (χ2n) is 7.26. The van der Waals surface area contributed by atoms with Crippen molar-refractivity contribution in [3.05, 3.63) is 29.8 Å². The van der Waals surface area contributed by atoms with Crippen molar-refractivity contribution in [2.24, 2.45) is 5.41 Å². The van der Waals surface area contributed by atoms with Gasteiger partial charge in [-0.3, -0.25) is 9.59 Å². The van der Waals surface area contributed by atoms with Gasteiger partial charge in [-0.15, -0.1) is 0 Å². The molecule has 134 valence electrons. The molecule has 1 heterocycles. The first-order valence-corrected chi connectivity index (χ1v) is 8.47. The largest absolute Gasteiger partial charge is 0.481 e.